The van der Waals surface area contributed by atoms with Gasteiger partial charge in [0.05, 0.1) is 21.7 Å². The fourth-order valence-corrected chi connectivity index (χ4v) is 5.34. The third-order valence-corrected chi connectivity index (χ3v) is 7.28. The molecule has 0 spiro atoms. The van der Waals surface area contributed by atoms with Gasteiger partial charge in [0.1, 0.15) is 0 Å². The number of hydrogen-bond donors (Lipinski definition) is 1. The highest BCUT2D eigenvalue weighted by molar-refractivity contribution is 7.89. The number of carbonyl (C=O) groups is 1. The number of nitrogens with zero attached hydrogens (tertiary/aromatic N) is 2. The minimum absolute atomic E-state index is 0.0453. The van der Waals surface area contributed by atoms with Crippen LogP contribution in [0.1, 0.15) is 35.2 Å². The van der Waals surface area contributed by atoms with Gasteiger partial charge < -0.3 is 5.11 Å². The van der Waals surface area contributed by atoms with Crippen LogP contribution in [0.25, 0.3) is 22.2 Å². The van der Waals surface area contributed by atoms with Crippen molar-refractivity contribution in [3.8, 4) is 11.3 Å². The number of aryl methyl sites for hydroxylation is 1. The van der Waals surface area contributed by atoms with Crippen molar-refractivity contribution in [2.24, 2.45) is 0 Å². The zero-order valence-electron chi connectivity index (χ0n) is 16.1. The monoisotopic (exact) mass is 410 g/mol. The van der Waals surface area contributed by atoms with E-state index >= 15 is 0 Å². The first-order valence-electron chi connectivity index (χ1n) is 9.62. The standard InChI is InChI=1S/C22H22N2O4S/c1-15-7-3-4-8-17(15)21-14-19(22(25)26)18-13-16(9-10-20(18)23-21)29(27,28)24-11-5-2-6-12-24/h3-4,7-10,13-14H,2,5-6,11-12H2,1H3,(H,25,26). The van der Waals surface area contributed by atoms with Gasteiger partial charge in [0.25, 0.3) is 0 Å². The van der Waals surface area contributed by atoms with Crippen molar-refractivity contribution in [2.75, 3.05) is 13.1 Å². The van der Waals surface area contributed by atoms with Gasteiger partial charge in [0.2, 0.25) is 10.0 Å². The summed E-state index contributed by atoms with van der Waals surface area (Å²) in [6, 6.07) is 13.7. The highest BCUT2D eigenvalue weighted by Crippen LogP contribution is 2.30. The predicted octanol–water partition coefficient (Wildman–Crippen LogP) is 4.08. The van der Waals surface area contributed by atoms with Crippen LogP contribution >= 0.6 is 0 Å². The summed E-state index contributed by atoms with van der Waals surface area (Å²) in [6.07, 6.45) is 2.71. The Labute approximate surface area is 169 Å². The van der Waals surface area contributed by atoms with Crippen LogP contribution in [-0.4, -0.2) is 41.9 Å². The minimum Gasteiger partial charge on any atom is -0.478 e. The predicted molar refractivity (Wildman–Crippen MR) is 111 cm³/mol. The van der Waals surface area contributed by atoms with E-state index in [0.29, 0.717) is 29.7 Å². The minimum atomic E-state index is -3.65. The van der Waals surface area contributed by atoms with Crippen LogP contribution in [0.2, 0.25) is 0 Å². The summed E-state index contributed by atoms with van der Waals surface area (Å²) in [4.78, 5) is 16.7. The van der Waals surface area contributed by atoms with Crippen molar-refractivity contribution in [1.82, 2.24) is 9.29 Å². The first-order chi connectivity index (χ1) is 13.9. The lowest BCUT2D eigenvalue weighted by Crippen LogP contribution is -2.35. The lowest BCUT2D eigenvalue weighted by molar-refractivity contribution is 0.0699. The van der Waals surface area contributed by atoms with Gasteiger partial charge in [-0.1, -0.05) is 30.7 Å². The number of piperidine rings is 1. The van der Waals surface area contributed by atoms with E-state index in [1.165, 1.54) is 22.5 Å². The van der Waals surface area contributed by atoms with Crippen molar-refractivity contribution in [3.05, 3.63) is 59.7 Å². The lowest BCUT2D eigenvalue weighted by Gasteiger charge is -2.26. The molecule has 1 aliphatic rings. The first-order valence-corrected chi connectivity index (χ1v) is 11.1. The Hall–Kier alpha value is -2.77. The fourth-order valence-electron chi connectivity index (χ4n) is 3.79. The van der Waals surface area contributed by atoms with Crippen LogP contribution in [0.4, 0.5) is 0 Å². The maximum absolute atomic E-state index is 13.0. The van der Waals surface area contributed by atoms with Crippen molar-refractivity contribution in [1.29, 1.82) is 0 Å². The quantitative estimate of drug-likeness (QED) is 0.700. The fraction of sp³-hybridized carbons (Fsp3) is 0.273. The molecular formula is C22H22N2O4S. The van der Waals surface area contributed by atoms with E-state index < -0.39 is 16.0 Å². The van der Waals surface area contributed by atoms with Gasteiger partial charge in [0, 0.05) is 24.0 Å². The average Bonchev–Trinajstić information content (AvgIpc) is 2.73. The Morgan fingerprint density at radius 3 is 2.45 bits per heavy atom. The summed E-state index contributed by atoms with van der Waals surface area (Å²) < 4.78 is 27.5. The first kappa shape index (κ1) is 19.5. The average molecular weight is 410 g/mol. The second-order valence-electron chi connectivity index (χ2n) is 7.32. The van der Waals surface area contributed by atoms with Crippen molar-refractivity contribution < 1.29 is 18.3 Å². The smallest absolute Gasteiger partial charge is 0.336 e. The molecule has 1 aromatic heterocycles. The summed E-state index contributed by atoms with van der Waals surface area (Å²) in [5.41, 5.74) is 2.89. The Bertz CT molecular complexity index is 1200. The second kappa shape index (κ2) is 7.57. The normalized spacial score (nSPS) is 15.5. The van der Waals surface area contributed by atoms with Gasteiger partial charge in [-0.15, -0.1) is 0 Å². The van der Waals surface area contributed by atoms with E-state index in [1.54, 1.807) is 6.07 Å². The summed E-state index contributed by atoms with van der Waals surface area (Å²) >= 11 is 0. The molecule has 0 aliphatic carbocycles. The number of fused-ring (bicyclic) bond motifs is 1. The topological polar surface area (TPSA) is 87.6 Å². The van der Waals surface area contributed by atoms with Gasteiger partial charge in [-0.3, -0.25) is 0 Å². The number of rotatable bonds is 4. The molecule has 3 aromatic rings. The molecule has 0 bridgehead atoms. The molecule has 0 unspecified atom stereocenters. The van der Waals surface area contributed by atoms with Gasteiger partial charge >= 0.3 is 5.97 Å². The highest BCUT2D eigenvalue weighted by atomic mass is 32.2. The maximum Gasteiger partial charge on any atom is 0.336 e. The molecule has 4 rings (SSSR count). The molecule has 2 heterocycles. The van der Waals surface area contributed by atoms with Crippen molar-refractivity contribution in [3.63, 3.8) is 0 Å². The van der Waals surface area contributed by atoms with Crippen molar-refractivity contribution in [2.45, 2.75) is 31.1 Å². The van der Waals surface area contributed by atoms with E-state index in [2.05, 4.69) is 4.98 Å². The Morgan fingerprint density at radius 2 is 1.76 bits per heavy atom. The zero-order chi connectivity index (χ0) is 20.6. The molecule has 150 valence electrons. The third-order valence-electron chi connectivity index (χ3n) is 5.38. The molecular weight excluding hydrogens is 388 g/mol. The third kappa shape index (κ3) is 3.63. The van der Waals surface area contributed by atoms with E-state index in [1.807, 2.05) is 31.2 Å². The summed E-state index contributed by atoms with van der Waals surface area (Å²) in [7, 11) is -3.65. The lowest BCUT2D eigenvalue weighted by atomic mass is 10.0. The van der Waals surface area contributed by atoms with E-state index in [-0.39, 0.29) is 10.5 Å². The van der Waals surface area contributed by atoms with Crippen molar-refractivity contribution >= 4 is 26.9 Å². The summed E-state index contributed by atoms with van der Waals surface area (Å²) in [5, 5.41) is 10.1. The molecule has 0 amide bonds. The SMILES string of the molecule is Cc1ccccc1-c1cc(C(=O)O)c2cc(S(=O)(=O)N3CCCCC3)ccc2n1. The molecule has 6 nitrogen and oxygen atoms in total. The van der Waals surface area contributed by atoms with E-state index in [9.17, 15) is 18.3 Å². The maximum atomic E-state index is 13.0. The number of pyridine rings is 1. The molecule has 1 aliphatic heterocycles. The van der Waals surface area contributed by atoms with Crippen LogP contribution in [0, 0.1) is 6.92 Å². The number of benzene rings is 2. The van der Waals surface area contributed by atoms with Crippen LogP contribution in [0.3, 0.4) is 0 Å². The molecule has 1 N–H and O–H groups in total. The number of aromatic nitrogens is 1. The number of carboxylic acids is 1. The molecule has 0 saturated carbocycles. The molecule has 2 aromatic carbocycles. The zero-order valence-corrected chi connectivity index (χ0v) is 16.9. The van der Waals surface area contributed by atoms with E-state index in [0.717, 1.165) is 30.4 Å². The van der Waals surface area contributed by atoms with E-state index in [4.69, 9.17) is 0 Å². The molecule has 1 saturated heterocycles. The van der Waals surface area contributed by atoms with Crippen LogP contribution in [0.5, 0.6) is 0 Å². The molecule has 0 radical (unpaired) electrons. The second-order valence-corrected chi connectivity index (χ2v) is 9.26. The Balaban J connectivity index is 1.87. The molecule has 29 heavy (non-hydrogen) atoms. The summed E-state index contributed by atoms with van der Waals surface area (Å²) in [5.74, 6) is -1.11. The van der Waals surface area contributed by atoms with Gasteiger partial charge in [-0.05, 0) is 49.6 Å². The number of sulfonamides is 1. The highest BCUT2D eigenvalue weighted by Gasteiger charge is 2.27. The number of hydrogen-bond acceptors (Lipinski definition) is 4. The largest absolute Gasteiger partial charge is 0.478 e. The Kier molecular flexibility index (Phi) is 5.10. The van der Waals surface area contributed by atoms with Gasteiger partial charge in [-0.25, -0.2) is 18.2 Å². The van der Waals surface area contributed by atoms with Crippen LogP contribution in [0.15, 0.2) is 53.4 Å². The van der Waals surface area contributed by atoms with Gasteiger partial charge in [-0.2, -0.15) is 4.31 Å². The number of carboxylic acid groups (broad SMARTS) is 1. The van der Waals surface area contributed by atoms with Crippen LogP contribution < -0.4 is 0 Å². The number of aromatic carboxylic acids is 1. The molecule has 1 fully saturated rings. The van der Waals surface area contributed by atoms with Crippen LogP contribution in [-0.2, 0) is 10.0 Å². The molecule has 0 atom stereocenters. The summed E-state index contributed by atoms with van der Waals surface area (Å²) in [6.45, 7) is 2.93. The van der Waals surface area contributed by atoms with Gasteiger partial charge in [0.15, 0.2) is 0 Å². The Morgan fingerprint density at radius 1 is 1.03 bits per heavy atom. The molecule has 7 heteroatoms.